The van der Waals surface area contributed by atoms with Crippen LogP contribution in [0.4, 0.5) is 18.9 Å². The van der Waals surface area contributed by atoms with E-state index in [0.29, 0.717) is 5.75 Å². The summed E-state index contributed by atoms with van der Waals surface area (Å²) >= 11 is 0. The van der Waals surface area contributed by atoms with Gasteiger partial charge in [-0.2, -0.15) is 17.7 Å². The lowest BCUT2D eigenvalue weighted by Gasteiger charge is -2.11. The van der Waals surface area contributed by atoms with Crippen LogP contribution in [0.5, 0.6) is 5.75 Å². The van der Waals surface area contributed by atoms with E-state index in [1.165, 1.54) is 30.9 Å². The highest BCUT2D eigenvalue weighted by atomic mass is 32.2. The second-order valence-electron chi connectivity index (χ2n) is 7.02. The molecular weight excluding hydrogens is 525 g/mol. The molecule has 11 nitrogen and oxygen atoms in total. The van der Waals surface area contributed by atoms with Crippen LogP contribution in [0.2, 0.25) is 0 Å². The van der Waals surface area contributed by atoms with Gasteiger partial charge in [0.2, 0.25) is 5.78 Å². The maximum absolute atomic E-state index is 13.1. The third kappa shape index (κ3) is 8.28. The molecule has 2 aromatic rings. The van der Waals surface area contributed by atoms with E-state index in [4.69, 9.17) is 27.2 Å². The van der Waals surface area contributed by atoms with Crippen LogP contribution in [0.25, 0.3) is 5.70 Å². The van der Waals surface area contributed by atoms with Gasteiger partial charge >= 0.3 is 23.1 Å². The van der Waals surface area contributed by atoms with E-state index in [1.54, 1.807) is 36.7 Å². The number of benzene rings is 1. The highest BCUT2D eigenvalue weighted by Gasteiger charge is 2.37. The predicted molar refractivity (Wildman–Crippen MR) is 121 cm³/mol. The monoisotopic (exact) mass is 548 g/mol. The number of Topliss-reactive ketones (excluding diaryl/α,β-unsaturated/α-hetero) is 1. The minimum atomic E-state index is -6.09. The first-order valence-electron chi connectivity index (χ1n) is 9.89. The fourth-order valence-corrected chi connectivity index (χ4v) is 2.58. The van der Waals surface area contributed by atoms with Crippen LogP contribution >= 0.6 is 0 Å². The second kappa shape index (κ2) is 12.8. The Hall–Kier alpha value is -3.98. The largest absolute Gasteiger partial charge is 0.741 e. The molecule has 15 heteroatoms. The number of carbonyl (C=O) groups is 3. The SMILES string of the molecule is COC(=O)/C(C(=O)c1ccc(OC)cc1)=C(/C(=O)OC)[n+]1ccc(N(C)C)cc1.O=S(=O)([O-])C(F)(F)F. The Morgan fingerprint density at radius 1 is 0.892 bits per heavy atom. The molecule has 0 saturated carbocycles. The number of ether oxygens (including phenoxy) is 3. The fourth-order valence-electron chi connectivity index (χ4n) is 2.58. The van der Waals surface area contributed by atoms with Crippen LogP contribution in [0.15, 0.2) is 54.4 Å². The number of rotatable bonds is 7. The van der Waals surface area contributed by atoms with Crippen molar-refractivity contribution < 1.29 is 59.3 Å². The number of carbonyl (C=O) groups excluding carboxylic acids is 3. The first-order chi connectivity index (χ1) is 17.1. The zero-order chi connectivity index (χ0) is 28.6. The summed E-state index contributed by atoms with van der Waals surface area (Å²) in [6.45, 7) is 0. The van der Waals surface area contributed by atoms with Gasteiger partial charge in [0.1, 0.15) is 5.75 Å². The maximum Gasteiger partial charge on any atom is 0.485 e. The lowest BCUT2D eigenvalue weighted by atomic mass is 10.0. The molecule has 0 spiro atoms. The number of pyridine rings is 1. The fraction of sp³-hybridized carbons (Fsp3) is 0.273. The normalized spacial score (nSPS) is 11.8. The van der Waals surface area contributed by atoms with Gasteiger partial charge in [0.25, 0.3) is 0 Å². The van der Waals surface area contributed by atoms with Crippen LogP contribution in [-0.2, 0) is 29.2 Å². The quantitative estimate of drug-likeness (QED) is 0.0731. The molecule has 1 aromatic heterocycles. The summed E-state index contributed by atoms with van der Waals surface area (Å²) in [5, 5.41) is 0. The molecule has 2 rings (SSSR count). The number of esters is 2. The minimum absolute atomic E-state index is 0.193. The molecule has 0 bridgehead atoms. The summed E-state index contributed by atoms with van der Waals surface area (Å²) in [6, 6.07) is 9.63. The molecule has 0 unspecified atom stereocenters. The highest BCUT2D eigenvalue weighted by molar-refractivity contribution is 7.86. The summed E-state index contributed by atoms with van der Waals surface area (Å²) in [5.74, 6) is -1.93. The molecule has 0 aliphatic rings. The number of nitrogens with zero attached hydrogens (tertiary/aromatic N) is 2. The maximum atomic E-state index is 13.1. The smallest absolute Gasteiger partial charge is 0.485 e. The number of aromatic nitrogens is 1. The molecule has 0 radical (unpaired) electrons. The van der Waals surface area contributed by atoms with Crippen molar-refractivity contribution in [1.82, 2.24) is 0 Å². The van der Waals surface area contributed by atoms with Crippen molar-refractivity contribution in [3.8, 4) is 5.75 Å². The summed E-state index contributed by atoms with van der Waals surface area (Å²) in [4.78, 5) is 40.0. The minimum Gasteiger partial charge on any atom is -0.741 e. The Kier molecular flexibility index (Phi) is 10.8. The van der Waals surface area contributed by atoms with Crippen molar-refractivity contribution in [3.63, 3.8) is 0 Å². The Bertz CT molecular complexity index is 1260. The standard InChI is InChI=1S/C21H23N2O6.CHF3O3S/c1-22(2)15-10-12-23(13-11-15)18(21(26)29-5)17(20(25)28-4)19(24)14-6-8-16(27-3)9-7-14;2-1(3,4)8(5,6)7/h6-13H,1-5H3;(H,5,6,7)/q+1;/p-1/b18-17-;. The van der Waals surface area contributed by atoms with Crippen molar-refractivity contribution in [1.29, 1.82) is 0 Å². The Labute approximate surface area is 210 Å². The molecular formula is C22H23F3N2O9S. The molecule has 0 aliphatic heterocycles. The molecule has 37 heavy (non-hydrogen) atoms. The van der Waals surface area contributed by atoms with Gasteiger partial charge in [-0.3, -0.25) is 4.79 Å². The van der Waals surface area contributed by atoms with Gasteiger partial charge in [-0.1, -0.05) is 0 Å². The van der Waals surface area contributed by atoms with Gasteiger partial charge in [-0.25, -0.2) is 18.0 Å². The van der Waals surface area contributed by atoms with Crippen molar-refractivity contribution in [2.75, 3.05) is 40.3 Å². The van der Waals surface area contributed by atoms with E-state index in [-0.39, 0.29) is 11.3 Å². The van der Waals surface area contributed by atoms with Crippen LogP contribution in [0.1, 0.15) is 10.4 Å². The van der Waals surface area contributed by atoms with Crippen LogP contribution in [0, 0.1) is 0 Å². The molecule has 1 aromatic carbocycles. The first-order valence-corrected chi connectivity index (χ1v) is 11.3. The summed E-state index contributed by atoms with van der Waals surface area (Å²) in [7, 11) is 1.45. The Morgan fingerprint density at radius 3 is 1.70 bits per heavy atom. The molecule has 0 fully saturated rings. The number of ketones is 1. The lowest BCUT2D eigenvalue weighted by Crippen LogP contribution is -2.40. The van der Waals surface area contributed by atoms with Crippen LogP contribution in [0.3, 0.4) is 0 Å². The van der Waals surface area contributed by atoms with Crippen LogP contribution in [-0.4, -0.2) is 71.6 Å². The zero-order valence-electron chi connectivity index (χ0n) is 20.2. The lowest BCUT2D eigenvalue weighted by molar-refractivity contribution is -0.578. The van der Waals surface area contributed by atoms with E-state index in [9.17, 15) is 27.6 Å². The molecule has 0 N–H and O–H groups in total. The summed E-state index contributed by atoms with van der Waals surface area (Å²) in [5.41, 5.74) is -5.27. The third-order valence-electron chi connectivity index (χ3n) is 4.45. The van der Waals surface area contributed by atoms with Gasteiger partial charge in [0, 0.05) is 37.5 Å². The summed E-state index contributed by atoms with van der Waals surface area (Å²) < 4.78 is 75.0. The number of hydrogen-bond acceptors (Lipinski definition) is 10. The molecule has 0 atom stereocenters. The molecule has 0 aliphatic carbocycles. The Morgan fingerprint density at radius 2 is 1.35 bits per heavy atom. The summed E-state index contributed by atoms with van der Waals surface area (Å²) in [6.07, 6.45) is 3.12. The van der Waals surface area contributed by atoms with E-state index in [1.807, 2.05) is 19.0 Å². The van der Waals surface area contributed by atoms with Gasteiger partial charge in [-0.15, -0.1) is 0 Å². The van der Waals surface area contributed by atoms with E-state index in [2.05, 4.69) is 0 Å². The van der Waals surface area contributed by atoms with Crippen molar-refractivity contribution in [2.24, 2.45) is 0 Å². The Balaban J connectivity index is 0.000000738. The predicted octanol–water partition coefficient (Wildman–Crippen LogP) is 1.54. The molecule has 202 valence electrons. The van der Waals surface area contributed by atoms with Gasteiger partial charge in [0.15, 0.2) is 28.1 Å². The van der Waals surface area contributed by atoms with Gasteiger partial charge < -0.3 is 23.7 Å². The van der Waals surface area contributed by atoms with E-state index >= 15 is 0 Å². The number of alkyl halides is 3. The van der Waals surface area contributed by atoms with Crippen molar-refractivity contribution in [3.05, 3.63) is 59.9 Å². The number of methoxy groups -OCH3 is 3. The molecule has 1 heterocycles. The average Bonchev–Trinajstić information content (AvgIpc) is 2.85. The number of hydrogen-bond donors (Lipinski definition) is 0. The first kappa shape index (κ1) is 31.1. The van der Waals surface area contributed by atoms with E-state index < -0.39 is 38.9 Å². The molecule has 0 amide bonds. The molecule has 0 saturated heterocycles. The van der Waals surface area contributed by atoms with Gasteiger partial charge in [0.05, 0.1) is 21.3 Å². The number of halogens is 3. The second-order valence-corrected chi connectivity index (χ2v) is 8.39. The number of anilines is 1. The van der Waals surface area contributed by atoms with Crippen molar-refractivity contribution in [2.45, 2.75) is 5.51 Å². The van der Waals surface area contributed by atoms with Gasteiger partial charge in [-0.05, 0) is 24.3 Å². The highest BCUT2D eigenvalue weighted by Crippen LogP contribution is 2.21. The van der Waals surface area contributed by atoms with Crippen molar-refractivity contribution >= 4 is 39.2 Å². The van der Waals surface area contributed by atoms with Crippen LogP contribution < -0.4 is 14.2 Å². The average molecular weight is 548 g/mol. The van der Waals surface area contributed by atoms with E-state index in [0.717, 1.165) is 12.8 Å². The topological polar surface area (TPSA) is 143 Å². The zero-order valence-corrected chi connectivity index (χ0v) is 21.0. The third-order valence-corrected chi connectivity index (χ3v) is 5.02.